The van der Waals surface area contributed by atoms with E-state index in [-0.39, 0.29) is 0 Å². The Hall–Kier alpha value is -1.09. The highest BCUT2D eigenvalue weighted by molar-refractivity contribution is 5.36. The van der Waals surface area contributed by atoms with Crippen molar-refractivity contribution in [3.05, 3.63) is 24.4 Å². The highest BCUT2D eigenvalue weighted by atomic mass is 15.2. The standard InChI is InChI=1S/C13H21N3/c1-15-9-5-6-12(10-15)11-16(2)13-7-3-4-8-14-13/h3-4,7-8,12H,5-6,9-11H2,1-2H3. The molecule has 1 aliphatic rings. The number of anilines is 1. The van der Waals surface area contributed by atoms with Crippen molar-refractivity contribution in [1.82, 2.24) is 9.88 Å². The molecule has 88 valence electrons. The Balaban J connectivity index is 1.89. The molecule has 0 radical (unpaired) electrons. The normalized spacial score (nSPS) is 22.0. The van der Waals surface area contributed by atoms with Crippen LogP contribution < -0.4 is 4.90 Å². The predicted molar refractivity (Wildman–Crippen MR) is 67.7 cm³/mol. The first-order valence-corrected chi connectivity index (χ1v) is 6.06. The minimum atomic E-state index is 0.783. The zero-order valence-corrected chi connectivity index (χ0v) is 10.3. The SMILES string of the molecule is CN1CCCC(CN(C)c2ccccn2)C1. The molecule has 1 saturated heterocycles. The van der Waals surface area contributed by atoms with Crippen LogP contribution >= 0.6 is 0 Å². The molecule has 2 heterocycles. The van der Waals surface area contributed by atoms with Crippen LogP contribution in [-0.4, -0.2) is 43.6 Å². The van der Waals surface area contributed by atoms with Crippen LogP contribution in [0.5, 0.6) is 0 Å². The fourth-order valence-electron chi connectivity index (χ4n) is 2.48. The van der Waals surface area contributed by atoms with Crippen molar-refractivity contribution in [2.75, 3.05) is 38.6 Å². The van der Waals surface area contributed by atoms with Crippen molar-refractivity contribution in [2.24, 2.45) is 5.92 Å². The largest absolute Gasteiger partial charge is 0.359 e. The van der Waals surface area contributed by atoms with Crippen molar-refractivity contribution in [1.29, 1.82) is 0 Å². The van der Waals surface area contributed by atoms with Gasteiger partial charge < -0.3 is 9.80 Å². The van der Waals surface area contributed by atoms with Gasteiger partial charge in [0.15, 0.2) is 0 Å². The third-order valence-corrected chi connectivity index (χ3v) is 3.29. The highest BCUT2D eigenvalue weighted by Gasteiger charge is 2.18. The van der Waals surface area contributed by atoms with Gasteiger partial charge in [0.25, 0.3) is 0 Å². The van der Waals surface area contributed by atoms with Gasteiger partial charge in [0.1, 0.15) is 5.82 Å². The molecule has 0 amide bonds. The van der Waals surface area contributed by atoms with E-state index in [1.165, 1.54) is 25.9 Å². The predicted octanol–water partition coefficient (Wildman–Crippen LogP) is 1.86. The van der Waals surface area contributed by atoms with Crippen LogP contribution in [0.2, 0.25) is 0 Å². The van der Waals surface area contributed by atoms with Gasteiger partial charge in [-0.1, -0.05) is 6.07 Å². The lowest BCUT2D eigenvalue weighted by molar-refractivity contribution is 0.213. The zero-order chi connectivity index (χ0) is 11.4. The van der Waals surface area contributed by atoms with E-state index in [2.05, 4.69) is 34.9 Å². The summed E-state index contributed by atoms with van der Waals surface area (Å²) in [6, 6.07) is 6.09. The van der Waals surface area contributed by atoms with E-state index >= 15 is 0 Å². The molecule has 1 fully saturated rings. The monoisotopic (exact) mass is 219 g/mol. The maximum Gasteiger partial charge on any atom is 0.128 e. The maximum absolute atomic E-state index is 4.38. The Kier molecular flexibility index (Phi) is 3.78. The molecule has 3 heteroatoms. The average Bonchev–Trinajstić information content (AvgIpc) is 2.30. The maximum atomic E-state index is 4.38. The van der Waals surface area contributed by atoms with E-state index in [0.29, 0.717) is 0 Å². The number of rotatable bonds is 3. The van der Waals surface area contributed by atoms with Crippen molar-refractivity contribution in [3.63, 3.8) is 0 Å². The topological polar surface area (TPSA) is 19.4 Å². The third-order valence-electron chi connectivity index (χ3n) is 3.29. The van der Waals surface area contributed by atoms with Gasteiger partial charge in [-0.3, -0.25) is 0 Å². The summed E-state index contributed by atoms with van der Waals surface area (Å²) in [5.41, 5.74) is 0. The molecule has 0 N–H and O–H groups in total. The summed E-state index contributed by atoms with van der Waals surface area (Å²) in [5.74, 6) is 1.86. The second-order valence-electron chi connectivity index (χ2n) is 4.84. The van der Waals surface area contributed by atoms with Crippen LogP contribution in [0.15, 0.2) is 24.4 Å². The summed E-state index contributed by atoms with van der Waals surface area (Å²) >= 11 is 0. The molecule has 1 unspecified atom stereocenters. The molecule has 1 aromatic rings. The number of likely N-dealkylation sites (tertiary alicyclic amines) is 1. The van der Waals surface area contributed by atoms with Crippen molar-refractivity contribution < 1.29 is 0 Å². The van der Waals surface area contributed by atoms with Gasteiger partial charge in [0.2, 0.25) is 0 Å². The van der Waals surface area contributed by atoms with Gasteiger partial charge in [-0.15, -0.1) is 0 Å². The minimum absolute atomic E-state index is 0.783. The van der Waals surface area contributed by atoms with Gasteiger partial charge in [-0.25, -0.2) is 4.98 Å². The molecular weight excluding hydrogens is 198 g/mol. The molecule has 0 aliphatic carbocycles. The molecule has 0 bridgehead atoms. The lowest BCUT2D eigenvalue weighted by atomic mass is 9.98. The van der Waals surface area contributed by atoms with Gasteiger partial charge in [-0.05, 0) is 44.5 Å². The number of aromatic nitrogens is 1. The Morgan fingerprint density at radius 1 is 1.50 bits per heavy atom. The summed E-state index contributed by atoms with van der Waals surface area (Å²) in [7, 11) is 4.35. The molecule has 0 saturated carbocycles. The molecule has 3 nitrogen and oxygen atoms in total. The first kappa shape index (κ1) is 11.4. The summed E-state index contributed by atoms with van der Waals surface area (Å²) in [5, 5.41) is 0. The van der Waals surface area contributed by atoms with E-state index in [1.54, 1.807) is 0 Å². The van der Waals surface area contributed by atoms with Gasteiger partial charge >= 0.3 is 0 Å². The number of piperidine rings is 1. The summed E-state index contributed by atoms with van der Waals surface area (Å²) in [4.78, 5) is 9.07. The van der Waals surface area contributed by atoms with E-state index < -0.39 is 0 Å². The summed E-state index contributed by atoms with van der Waals surface area (Å²) in [6.45, 7) is 3.59. The number of pyridine rings is 1. The van der Waals surface area contributed by atoms with Crippen LogP contribution in [0.1, 0.15) is 12.8 Å². The summed E-state index contributed by atoms with van der Waals surface area (Å²) in [6.07, 6.45) is 4.54. The lowest BCUT2D eigenvalue weighted by Gasteiger charge is -2.32. The Labute approximate surface area is 98.1 Å². The van der Waals surface area contributed by atoms with Crippen molar-refractivity contribution in [2.45, 2.75) is 12.8 Å². The van der Waals surface area contributed by atoms with Crippen LogP contribution in [-0.2, 0) is 0 Å². The number of hydrogen-bond acceptors (Lipinski definition) is 3. The van der Waals surface area contributed by atoms with Crippen LogP contribution in [0.3, 0.4) is 0 Å². The number of nitrogens with zero attached hydrogens (tertiary/aromatic N) is 3. The van der Waals surface area contributed by atoms with Gasteiger partial charge in [0.05, 0.1) is 0 Å². The Morgan fingerprint density at radius 2 is 2.38 bits per heavy atom. The second kappa shape index (κ2) is 5.30. The molecule has 0 spiro atoms. The molecule has 1 atom stereocenters. The van der Waals surface area contributed by atoms with E-state index in [1.807, 2.05) is 18.3 Å². The Bertz CT molecular complexity index is 312. The van der Waals surface area contributed by atoms with Crippen molar-refractivity contribution >= 4 is 5.82 Å². The van der Waals surface area contributed by atoms with E-state index in [9.17, 15) is 0 Å². The van der Waals surface area contributed by atoms with Crippen molar-refractivity contribution in [3.8, 4) is 0 Å². The third kappa shape index (κ3) is 2.95. The quantitative estimate of drug-likeness (QED) is 0.773. The molecule has 0 aromatic carbocycles. The van der Waals surface area contributed by atoms with E-state index in [4.69, 9.17) is 0 Å². The fourth-order valence-corrected chi connectivity index (χ4v) is 2.48. The molecule has 1 aliphatic heterocycles. The Morgan fingerprint density at radius 3 is 3.06 bits per heavy atom. The van der Waals surface area contributed by atoms with Crippen LogP contribution in [0.25, 0.3) is 0 Å². The van der Waals surface area contributed by atoms with Crippen LogP contribution in [0, 0.1) is 5.92 Å². The first-order valence-electron chi connectivity index (χ1n) is 6.06. The highest BCUT2D eigenvalue weighted by Crippen LogP contribution is 2.18. The molecule has 1 aromatic heterocycles. The average molecular weight is 219 g/mol. The summed E-state index contributed by atoms with van der Waals surface area (Å²) < 4.78 is 0. The van der Waals surface area contributed by atoms with Gasteiger partial charge in [-0.2, -0.15) is 0 Å². The first-order chi connectivity index (χ1) is 7.75. The van der Waals surface area contributed by atoms with Crippen LogP contribution in [0.4, 0.5) is 5.82 Å². The fraction of sp³-hybridized carbons (Fsp3) is 0.615. The molecule has 16 heavy (non-hydrogen) atoms. The van der Waals surface area contributed by atoms with E-state index in [0.717, 1.165) is 18.3 Å². The zero-order valence-electron chi connectivity index (χ0n) is 10.3. The smallest absolute Gasteiger partial charge is 0.128 e. The minimum Gasteiger partial charge on any atom is -0.359 e. The molecular formula is C13H21N3. The lowest BCUT2D eigenvalue weighted by Crippen LogP contribution is -2.38. The molecule has 2 rings (SSSR count). The second-order valence-corrected chi connectivity index (χ2v) is 4.84. The van der Waals surface area contributed by atoms with Gasteiger partial charge in [0, 0.05) is 26.3 Å². The number of hydrogen-bond donors (Lipinski definition) is 0.